The largest absolute Gasteiger partial charge is 0.478 e. The zero-order chi connectivity index (χ0) is 10.2. The maximum Gasteiger partial charge on any atom is 0.340 e. The summed E-state index contributed by atoms with van der Waals surface area (Å²) in [5.41, 5.74) is 5.95. The fourth-order valence-corrected chi connectivity index (χ4v) is 1.85. The molecule has 1 aromatic rings. The number of rotatable bonds is 1. The molecule has 0 amide bonds. The molecule has 0 unspecified atom stereocenters. The van der Waals surface area contributed by atoms with Gasteiger partial charge in [-0.25, -0.2) is 4.79 Å². The van der Waals surface area contributed by atoms with Crippen LogP contribution in [-0.2, 0) is 5.41 Å². The normalized spacial score (nSPS) is 11.6. The number of carboxylic acid groups (broad SMARTS) is 1. The number of aromatic nitrogens is 1. The Bertz CT molecular complexity index is 338. The third kappa shape index (κ3) is 1.80. The molecular formula is C8H12N2O2S. The minimum Gasteiger partial charge on any atom is -0.478 e. The molecule has 1 heterocycles. The van der Waals surface area contributed by atoms with Crippen molar-refractivity contribution in [3.8, 4) is 0 Å². The summed E-state index contributed by atoms with van der Waals surface area (Å²) in [6.07, 6.45) is 0. The Labute approximate surface area is 80.6 Å². The third-order valence-corrected chi connectivity index (χ3v) is 2.32. The van der Waals surface area contributed by atoms with Crippen LogP contribution in [0.15, 0.2) is 0 Å². The van der Waals surface area contributed by atoms with Crippen LogP contribution in [0.25, 0.3) is 0 Å². The van der Waals surface area contributed by atoms with E-state index in [4.69, 9.17) is 10.8 Å². The standard InChI is InChI=1S/C8H12N2O2S/c1-8(2,3)5-4(7(11)12)6(9)13-10-5/h9H2,1-3H3,(H,11,12). The van der Waals surface area contributed by atoms with Crippen molar-refractivity contribution >= 4 is 22.5 Å². The first-order valence-corrected chi connectivity index (χ1v) is 4.60. The number of hydrogen-bond acceptors (Lipinski definition) is 4. The van der Waals surface area contributed by atoms with E-state index in [0.717, 1.165) is 11.5 Å². The molecule has 0 spiro atoms. The molecule has 3 N–H and O–H groups in total. The Morgan fingerprint density at radius 2 is 2.08 bits per heavy atom. The number of nitrogen functional groups attached to an aromatic ring is 1. The lowest BCUT2D eigenvalue weighted by molar-refractivity contribution is 0.0695. The molecule has 0 radical (unpaired) electrons. The molecule has 0 saturated carbocycles. The molecule has 0 fully saturated rings. The van der Waals surface area contributed by atoms with E-state index in [9.17, 15) is 4.79 Å². The van der Waals surface area contributed by atoms with Gasteiger partial charge in [0.05, 0.1) is 5.69 Å². The van der Waals surface area contributed by atoms with Crippen molar-refractivity contribution in [3.63, 3.8) is 0 Å². The van der Waals surface area contributed by atoms with Crippen LogP contribution in [0.3, 0.4) is 0 Å². The highest BCUT2D eigenvalue weighted by Gasteiger charge is 2.27. The summed E-state index contributed by atoms with van der Waals surface area (Å²) < 4.78 is 4.04. The van der Waals surface area contributed by atoms with Gasteiger partial charge in [-0.2, -0.15) is 4.37 Å². The summed E-state index contributed by atoms with van der Waals surface area (Å²) in [6.45, 7) is 5.73. The van der Waals surface area contributed by atoms with Crippen molar-refractivity contribution in [2.45, 2.75) is 26.2 Å². The summed E-state index contributed by atoms with van der Waals surface area (Å²) in [7, 11) is 0. The molecule has 1 rings (SSSR count). The SMILES string of the molecule is CC(C)(C)c1nsc(N)c1C(=O)O. The zero-order valence-corrected chi connectivity index (χ0v) is 8.60. The van der Waals surface area contributed by atoms with Gasteiger partial charge in [-0.1, -0.05) is 20.8 Å². The van der Waals surface area contributed by atoms with Crippen LogP contribution >= 0.6 is 11.5 Å². The van der Waals surface area contributed by atoms with Crippen LogP contribution in [0, 0.1) is 0 Å². The van der Waals surface area contributed by atoms with E-state index < -0.39 is 5.97 Å². The predicted molar refractivity (Wildman–Crippen MR) is 52.2 cm³/mol. The van der Waals surface area contributed by atoms with Crippen molar-refractivity contribution < 1.29 is 9.90 Å². The second-order valence-corrected chi connectivity index (χ2v) is 4.63. The molecule has 0 saturated heterocycles. The highest BCUT2D eigenvalue weighted by atomic mass is 32.1. The van der Waals surface area contributed by atoms with Gasteiger partial charge in [-0.05, 0) is 11.5 Å². The molecule has 0 atom stereocenters. The first-order valence-electron chi connectivity index (χ1n) is 3.83. The Kier molecular flexibility index (Phi) is 2.30. The van der Waals surface area contributed by atoms with Gasteiger partial charge in [0.15, 0.2) is 0 Å². The molecule has 5 heteroatoms. The molecular weight excluding hydrogens is 188 g/mol. The predicted octanol–water partition coefficient (Wildman–Crippen LogP) is 1.72. The molecule has 4 nitrogen and oxygen atoms in total. The third-order valence-electron chi connectivity index (χ3n) is 1.64. The first-order chi connectivity index (χ1) is 5.84. The van der Waals surface area contributed by atoms with E-state index in [-0.39, 0.29) is 16.0 Å². The van der Waals surface area contributed by atoms with E-state index in [0.29, 0.717) is 5.69 Å². The Morgan fingerprint density at radius 1 is 1.54 bits per heavy atom. The van der Waals surface area contributed by atoms with Gasteiger partial charge in [0.2, 0.25) is 0 Å². The molecule has 0 aliphatic heterocycles. The summed E-state index contributed by atoms with van der Waals surface area (Å²) >= 11 is 1.03. The van der Waals surface area contributed by atoms with Crippen molar-refractivity contribution in [2.75, 3.05) is 5.73 Å². The second kappa shape index (κ2) is 2.99. The lowest BCUT2D eigenvalue weighted by Crippen LogP contribution is -2.16. The van der Waals surface area contributed by atoms with Crippen LogP contribution in [0.2, 0.25) is 0 Å². The van der Waals surface area contributed by atoms with Crippen LogP contribution in [0.4, 0.5) is 5.00 Å². The average Bonchev–Trinajstić information content (AvgIpc) is 2.28. The fraction of sp³-hybridized carbons (Fsp3) is 0.500. The van der Waals surface area contributed by atoms with Gasteiger partial charge in [-0.3, -0.25) is 0 Å². The number of anilines is 1. The molecule has 0 aliphatic rings. The summed E-state index contributed by atoms with van der Waals surface area (Å²) in [5, 5.41) is 9.16. The zero-order valence-electron chi connectivity index (χ0n) is 7.79. The summed E-state index contributed by atoms with van der Waals surface area (Å²) in [4.78, 5) is 10.8. The number of hydrogen-bond donors (Lipinski definition) is 2. The van der Waals surface area contributed by atoms with E-state index >= 15 is 0 Å². The quantitative estimate of drug-likeness (QED) is 0.723. The first kappa shape index (κ1) is 9.98. The fourth-order valence-electron chi connectivity index (χ4n) is 1.02. The Hall–Kier alpha value is -1.10. The lowest BCUT2D eigenvalue weighted by atomic mass is 9.89. The van der Waals surface area contributed by atoms with Crippen LogP contribution in [-0.4, -0.2) is 15.4 Å². The van der Waals surface area contributed by atoms with Gasteiger partial charge in [0, 0.05) is 5.41 Å². The molecule has 72 valence electrons. The average molecular weight is 200 g/mol. The number of nitrogens with zero attached hydrogens (tertiary/aromatic N) is 1. The highest BCUT2D eigenvalue weighted by molar-refractivity contribution is 7.10. The van der Waals surface area contributed by atoms with Crippen molar-refractivity contribution in [2.24, 2.45) is 0 Å². The van der Waals surface area contributed by atoms with Gasteiger partial charge < -0.3 is 10.8 Å². The van der Waals surface area contributed by atoms with Gasteiger partial charge in [0.25, 0.3) is 0 Å². The van der Waals surface area contributed by atoms with Crippen molar-refractivity contribution in [3.05, 3.63) is 11.3 Å². The molecule has 1 aromatic heterocycles. The van der Waals surface area contributed by atoms with Crippen LogP contribution in [0.5, 0.6) is 0 Å². The van der Waals surface area contributed by atoms with Crippen molar-refractivity contribution in [1.82, 2.24) is 4.37 Å². The lowest BCUT2D eigenvalue weighted by Gasteiger charge is -2.15. The molecule has 13 heavy (non-hydrogen) atoms. The van der Waals surface area contributed by atoms with Crippen molar-refractivity contribution in [1.29, 1.82) is 0 Å². The Balaban J connectivity index is 3.31. The molecule has 0 aliphatic carbocycles. The van der Waals surface area contributed by atoms with E-state index in [1.165, 1.54) is 0 Å². The van der Waals surface area contributed by atoms with Crippen LogP contribution < -0.4 is 5.73 Å². The summed E-state index contributed by atoms with van der Waals surface area (Å²) in [6, 6.07) is 0. The smallest absolute Gasteiger partial charge is 0.340 e. The maximum absolute atomic E-state index is 10.8. The van der Waals surface area contributed by atoms with Crippen LogP contribution in [0.1, 0.15) is 36.8 Å². The van der Waals surface area contributed by atoms with Gasteiger partial charge in [0.1, 0.15) is 10.6 Å². The highest BCUT2D eigenvalue weighted by Crippen LogP contribution is 2.30. The number of nitrogens with two attached hydrogens (primary N) is 1. The summed E-state index contributed by atoms with van der Waals surface area (Å²) in [5.74, 6) is -1.00. The Morgan fingerprint density at radius 3 is 2.38 bits per heavy atom. The molecule has 0 aromatic carbocycles. The number of carboxylic acids is 1. The van der Waals surface area contributed by atoms with Gasteiger partial charge in [-0.15, -0.1) is 0 Å². The topological polar surface area (TPSA) is 76.2 Å². The minimum atomic E-state index is -1.00. The minimum absolute atomic E-state index is 0.150. The monoisotopic (exact) mass is 200 g/mol. The maximum atomic E-state index is 10.8. The molecule has 0 bridgehead atoms. The number of aromatic carboxylic acids is 1. The van der Waals surface area contributed by atoms with E-state index in [1.807, 2.05) is 20.8 Å². The van der Waals surface area contributed by atoms with E-state index in [1.54, 1.807) is 0 Å². The second-order valence-electron chi connectivity index (χ2n) is 3.83. The van der Waals surface area contributed by atoms with E-state index in [2.05, 4.69) is 4.37 Å². The van der Waals surface area contributed by atoms with Gasteiger partial charge >= 0.3 is 5.97 Å². The number of carbonyl (C=O) groups is 1.